The fourth-order valence-corrected chi connectivity index (χ4v) is 5.42. The van der Waals surface area contributed by atoms with E-state index in [9.17, 15) is 23.1 Å². The van der Waals surface area contributed by atoms with Gasteiger partial charge in [-0.3, -0.25) is 9.69 Å². The summed E-state index contributed by atoms with van der Waals surface area (Å²) in [5.41, 5.74) is 0.746. The molecule has 0 bridgehead atoms. The van der Waals surface area contributed by atoms with Crippen molar-refractivity contribution in [3.05, 3.63) is 29.3 Å². The zero-order valence-electron chi connectivity index (χ0n) is 17.2. The second-order valence-electron chi connectivity index (χ2n) is 8.98. The number of carbonyl (C=O) groups is 1. The van der Waals surface area contributed by atoms with Gasteiger partial charge in [-0.1, -0.05) is 0 Å². The van der Waals surface area contributed by atoms with Crippen LogP contribution in [0.2, 0.25) is 0 Å². The third-order valence-electron chi connectivity index (χ3n) is 7.16. The van der Waals surface area contributed by atoms with Gasteiger partial charge in [0.05, 0.1) is 11.5 Å². The molecule has 0 amide bonds. The Balaban J connectivity index is 1.57. The number of likely N-dealkylation sites (tertiary alicyclic amines) is 1. The molecule has 5 nitrogen and oxygen atoms in total. The molecule has 0 atom stereocenters. The molecule has 8 heteroatoms. The molecule has 2 N–H and O–H groups in total. The van der Waals surface area contributed by atoms with E-state index in [0.717, 1.165) is 45.3 Å². The molecule has 166 valence electrons. The van der Waals surface area contributed by atoms with Crippen LogP contribution in [0.4, 0.5) is 18.9 Å². The molecule has 3 saturated heterocycles. The maximum atomic E-state index is 13.6. The Bertz CT molecular complexity index is 769. The Morgan fingerprint density at radius 3 is 2.43 bits per heavy atom. The summed E-state index contributed by atoms with van der Waals surface area (Å²) in [4.78, 5) is 15.5. The van der Waals surface area contributed by atoms with E-state index in [2.05, 4.69) is 10.2 Å². The number of anilines is 1. The zero-order valence-corrected chi connectivity index (χ0v) is 17.2. The molecule has 0 aliphatic carbocycles. The lowest BCUT2D eigenvalue weighted by atomic mass is 9.85. The fraction of sp³-hybridized carbons (Fsp3) is 0.682. The highest BCUT2D eigenvalue weighted by atomic mass is 19.4. The number of carboxylic acids is 1. The van der Waals surface area contributed by atoms with Crippen molar-refractivity contribution in [1.82, 2.24) is 10.2 Å². The highest BCUT2D eigenvalue weighted by Crippen LogP contribution is 2.39. The molecule has 3 heterocycles. The lowest BCUT2D eigenvalue weighted by Gasteiger charge is -2.42. The van der Waals surface area contributed by atoms with Gasteiger partial charge in [-0.25, -0.2) is 0 Å². The van der Waals surface area contributed by atoms with Crippen LogP contribution in [0, 0.1) is 5.92 Å². The molecule has 4 rings (SSSR count). The standard InChI is InChI=1S/C22H30F3N3O2/c23-22(24,25)18-12-16(15-28-9-1-4-21(28)5-7-26-8-6-21)13-19(14-18)27-10-2-17(3-11-27)20(29)30/h12-14,17,26H,1-11,15H2,(H,29,30). The number of nitrogens with one attached hydrogen (secondary N) is 1. The van der Waals surface area contributed by atoms with Gasteiger partial charge in [0.25, 0.3) is 0 Å². The Hall–Kier alpha value is -1.80. The average Bonchev–Trinajstić information content (AvgIpc) is 3.09. The van der Waals surface area contributed by atoms with Crippen molar-refractivity contribution in [1.29, 1.82) is 0 Å². The minimum Gasteiger partial charge on any atom is -0.481 e. The van der Waals surface area contributed by atoms with Crippen molar-refractivity contribution in [2.24, 2.45) is 5.92 Å². The molecule has 3 fully saturated rings. The molecule has 0 aromatic heterocycles. The maximum absolute atomic E-state index is 13.6. The summed E-state index contributed by atoms with van der Waals surface area (Å²) in [7, 11) is 0. The molecular formula is C22H30F3N3O2. The number of halogens is 3. The predicted molar refractivity (Wildman–Crippen MR) is 108 cm³/mol. The van der Waals surface area contributed by atoms with Crippen LogP contribution in [0.1, 0.15) is 49.7 Å². The third-order valence-corrected chi connectivity index (χ3v) is 7.16. The van der Waals surface area contributed by atoms with Crippen molar-refractivity contribution in [2.75, 3.05) is 37.6 Å². The summed E-state index contributed by atoms with van der Waals surface area (Å²) in [6, 6.07) is 4.39. The molecule has 3 aliphatic heterocycles. The number of nitrogens with zero attached hydrogens (tertiary/aromatic N) is 2. The van der Waals surface area contributed by atoms with E-state index in [4.69, 9.17) is 0 Å². The summed E-state index contributed by atoms with van der Waals surface area (Å²) in [5.74, 6) is -1.23. The highest BCUT2D eigenvalue weighted by molar-refractivity contribution is 5.70. The van der Waals surface area contributed by atoms with Crippen LogP contribution in [0.25, 0.3) is 0 Å². The largest absolute Gasteiger partial charge is 0.481 e. The van der Waals surface area contributed by atoms with Gasteiger partial charge in [-0.15, -0.1) is 0 Å². The third kappa shape index (κ3) is 4.44. The van der Waals surface area contributed by atoms with E-state index < -0.39 is 23.6 Å². The van der Waals surface area contributed by atoms with Crippen molar-refractivity contribution in [2.45, 2.75) is 56.8 Å². The molecular weight excluding hydrogens is 395 g/mol. The Morgan fingerprint density at radius 1 is 1.10 bits per heavy atom. The molecule has 0 saturated carbocycles. The minimum absolute atomic E-state index is 0.111. The lowest BCUT2D eigenvalue weighted by molar-refractivity contribution is -0.142. The van der Waals surface area contributed by atoms with Crippen LogP contribution < -0.4 is 10.2 Å². The normalized spacial score (nSPS) is 23.2. The van der Waals surface area contributed by atoms with E-state index in [-0.39, 0.29) is 5.54 Å². The summed E-state index contributed by atoms with van der Waals surface area (Å²) in [6.07, 6.45) is 0.814. The van der Waals surface area contributed by atoms with Gasteiger partial charge in [-0.2, -0.15) is 13.2 Å². The molecule has 1 aromatic rings. The van der Waals surface area contributed by atoms with E-state index in [1.807, 2.05) is 11.0 Å². The second kappa shape index (κ2) is 8.38. The number of hydrogen-bond donors (Lipinski definition) is 2. The summed E-state index contributed by atoms with van der Waals surface area (Å²) < 4.78 is 40.9. The highest BCUT2D eigenvalue weighted by Gasteiger charge is 2.41. The summed E-state index contributed by atoms with van der Waals surface area (Å²) >= 11 is 0. The first kappa shape index (κ1) is 21.4. The van der Waals surface area contributed by atoms with Crippen LogP contribution in [0.3, 0.4) is 0 Å². The van der Waals surface area contributed by atoms with Gasteiger partial charge >= 0.3 is 12.1 Å². The van der Waals surface area contributed by atoms with Gasteiger partial charge in [0, 0.05) is 30.9 Å². The number of hydrogen-bond acceptors (Lipinski definition) is 4. The number of aliphatic carboxylic acids is 1. The van der Waals surface area contributed by atoms with Gasteiger partial charge in [-0.05, 0) is 81.9 Å². The van der Waals surface area contributed by atoms with Gasteiger partial charge < -0.3 is 15.3 Å². The minimum atomic E-state index is -4.40. The zero-order chi connectivity index (χ0) is 21.4. The van der Waals surface area contributed by atoms with Crippen LogP contribution in [0.5, 0.6) is 0 Å². The lowest BCUT2D eigenvalue weighted by Crippen LogP contribution is -2.50. The molecule has 0 radical (unpaired) electrons. The number of benzene rings is 1. The first-order valence-electron chi connectivity index (χ1n) is 10.9. The van der Waals surface area contributed by atoms with Crippen LogP contribution >= 0.6 is 0 Å². The first-order chi connectivity index (χ1) is 14.3. The van der Waals surface area contributed by atoms with Crippen molar-refractivity contribution < 1.29 is 23.1 Å². The molecule has 1 aromatic carbocycles. The number of rotatable bonds is 4. The summed E-state index contributed by atoms with van der Waals surface area (Å²) in [6.45, 7) is 4.32. The Labute approximate surface area is 175 Å². The van der Waals surface area contributed by atoms with E-state index >= 15 is 0 Å². The van der Waals surface area contributed by atoms with Crippen molar-refractivity contribution in [3.8, 4) is 0 Å². The van der Waals surface area contributed by atoms with E-state index in [0.29, 0.717) is 43.7 Å². The molecule has 3 aliphatic rings. The Morgan fingerprint density at radius 2 is 1.80 bits per heavy atom. The molecule has 30 heavy (non-hydrogen) atoms. The Kier molecular flexibility index (Phi) is 5.99. The summed E-state index contributed by atoms with van der Waals surface area (Å²) in [5, 5.41) is 12.6. The SMILES string of the molecule is O=C(O)C1CCN(c2cc(CN3CCCC34CCNCC4)cc(C(F)(F)F)c2)CC1. The topological polar surface area (TPSA) is 55.8 Å². The second-order valence-corrected chi connectivity index (χ2v) is 8.98. The van der Waals surface area contributed by atoms with Crippen LogP contribution in [-0.2, 0) is 17.5 Å². The van der Waals surface area contributed by atoms with Crippen molar-refractivity contribution >= 4 is 11.7 Å². The van der Waals surface area contributed by atoms with Gasteiger partial charge in [0.1, 0.15) is 0 Å². The number of carboxylic acid groups (broad SMARTS) is 1. The van der Waals surface area contributed by atoms with Gasteiger partial charge in [0.2, 0.25) is 0 Å². The van der Waals surface area contributed by atoms with E-state index in [1.54, 1.807) is 0 Å². The molecule has 0 unspecified atom stereocenters. The van der Waals surface area contributed by atoms with Crippen LogP contribution in [-0.4, -0.2) is 54.2 Å². The number of alkyl halides is 3. The smallest absolute Gasteiger partial charge is 0.416 e. The maximum Gasteiger partial charge on any atom is 0.416 e. The monoisotopic (exact) mass is 425 g/mol. The molecule has 1 spiro atoms. The van der Waals surface area contributed by atoms with Gasteiger partial charge in [0.15, 0.2) is 0 Å². The van der Waals surface area contributed by atoms with Crippen molar-refractivity contribution in [3.63, 3.8) is 0 Å². The van der Waals surface area contributed by atoms with E-state index in [1.165, 1.54) is 12.1 Å². The first-order valence-corrected chi connectivity index (χ1v) is 10.9. The van der Waals surface area contributed by atoms with Crippen LogP contribution in [0.15, 0.2) is 18.2 Å². The number of piperidine rings is 2. The fourth-order valence-electron chi connectivity index (χ4n) is 5.42. The average molecular weight is 425 g/mol. The predicted octanol–water partition coefficient (Wildman–Crippen LogP) is 3.72. The quantitative estimate of drug-likeness (QED) is 0.770.